The Balaban J connectivity index is 1.97. The highest BCUT2D eigenvalue weighted by atomic mass is 35.5. The molecule has 0 bridgehead atoms. The van der Waals surface area contributed by atoms with Gasteiger partial charge in [0.15, 0.2) is 0 Å². The molecule has 1 aromatic carbocycles. The number of nitrogens with one attached hydrogen (secondary N) is 2. The highest BCUT2D eigenvalue weighted by Crippen LogP contribution is 2.26. The van der Waals surface area contributed by atoms with Gasteiger partial charge in [0.2, 0.25) is 5.71 Å². The van der Waals surface area contributed by atoms with Crippen LogP contribution in [0, 0.1) is 10.4 Å². The van der Waals surface area contributed by atoms with Crippen molar-refractivity contribution in [2.45, 2.75) is 0 Å². The first-order chi connectivity index (χ1) is 10.0. The zero-order chi connectivity index (χ0) is 15.0. The molecule has 6 nitrogen and oxygen atoms in total. The third kappa shape index (κ3) is 2.48. The Hall–Kier alpha value is -2.73. The lowest BCUT2D eigenvalue weighted by Gasteiger charge is -2.23. The average Bonchev–Trinajstić information content (AvgIpc) is 2.48. The second-order valence-corrected chi connectivity index (χ2v) is 4.88. The molecule has 1 aliphatic heterocycles. The molecule has 2 aliphatic rings. The Kier molecular flexibility index (Phi) is 3.15. The Morgan fingerprint density at radius 3 is 2.43 bits per heavy atom. The van der Waals surface area contributed by atoms with E-state index >= 15 is 0 Å². The van der Waals surface area contributed by atoms with Crippen molar-refractivity contribution in [3.8, 4) is 0 Å². The van der Waals surface area contributed by atoms with E-state index in [4.69, 9.17) is 11.6 Å². The molecule has 0 fully saturated rings. The van der Waals surface area contributed by atoms with Gasteiger partial charge in [-0.1, -0.05) is 11.6 Å². The van der Waals surface area contributed by atoms with Crippen LogP contribution in [0.5, 0.6) is 0 Å². The van der Waals surface area contributed by atoms with Gasteiger partial charge in [-0.2, -0.15) is 4.90 Å². The van der Waals surface area contributed by atoms with Crippen molar-refractivity contribution in [2.75, 3.05) is 5.32 Å². The first-order valence-corrected chi connectivity index (χ1v) is 6.42. The summed E-state index contributed by atoms with van der Waals surface area (Å²) in [7, 11) is 0. The van der Waals surface area contributed by atoms with Crippen molar-refractivity contribution in [1.82, 2.24) is 5.32 Å². The van der Waals surface area contributed by atoms with E-state index in [9.17, 15) is 15.2 Å². The lowest BCUT2D eigenvalue weighted by Crippen LogP contribution is -2.33. The van der Waals surface area contributed by atoms with Gasteiger partial charge in [0.1, 0.15) is 5.82 Å². The molecule has 0 radical (unpaired) electrons. The van der Waals surface area contributed by atoms with Crippen LogP contribution < -0.4 is 10.6 Å². The predicted molar refractivity (Wildman–Crippen MR) is 79.8 cm³/mol. The molecule has 2 N–H and O–H groups in total. The normalized spacial score (nSPS) is 16.4. The van der Waals surface area contributed by atoms with Crippen LogP contribution in [-0.2, 0) is 0 Å². The number of carbonyl (C=O) groups excluding carboxylic acids is 1. The maximum absolute atomic E-state index is 12.1. The summed E-state index contributed by atoms with van der Waals surface area (Å²) >= 11 is 5.86. The van der Waals surface area contributed by atoms with Crippen molar-refractivity contribution in [1.29, 1.82) is 0 Å². The third-order valence-electron chi connectivity index (χ3n) is 3.09. The second kappa shape index (κ2) is 4.99. The number of hydrogen-bond donors (Lipinski definition) is 2. The van der Waals surface area contributed by atoms with Gasteiger partial charge < -0.3 is 21.0 Å². The van der Waals surface area contributed by atoms with Gasteiger partial charge >= 0.3 is 0 Å². The Bertz CT molecular complexity index is 741. The number of hydrogen-bond acceptors (Lipinski definition) is 4. The van der Waals surface area contributed by atoms with E-state index in [1.165, 1.54) is 12.2 Å². The number of halogens is 1. The van der Waals surface area contributed by atoms with Crippen LogP contribution in [0.25, 0.3) is 0 Å². The summed E-state index contributed by atoms with van der Waals surface area (Å²) in [4.78, 5) is 11.6. The number of anilines is 1. The molecule has 106 valence electrons. The number of amides is 1. The summed E-state index contributed by atoms with van der Waals surface area (Å²) in [6, 6.07) is 4.97. The van der Waals surface area contributed by atoms with Gasteiger partial charge in [0.25, 0.3) is 5.91 Å². The van der Waals surface area contributed by atoms with E-state index < -0.39 is 4.90 Å². The number of nitrogens with zero attached hydrogens (tertiary/aromatic N) is 1. The van der Waals surface area contributed by atoms with Crippen molar-refractivity contribution in [3.05, 3.63) is 74.9 Å². The maximum Gasteiger partial charge on any atom is 0.258 e. The van der Waals surface area contributed by atoms with Gasteiger partial charge in [-0.05, 0) is 30.4 Å². The zero-order valence-electron chi connectivity index (χ0n) is 10.6. The van der Waals surface area contributed by atoms with E-state index in [0.717, 1.165) is 0 Å². The molecule has 21 heavy (non-hydrogen) atoms. The molecule has 0 saturated carbocycles. The van der Waals surface area contributed by atoms with Crippen molar-refractivity contribution >= 4 is 28.9 Å². The molecule has 1 aromatic rings. The minimum Gasteiger partial charge on any atom is -0.612 e. The minimum absolute atomic E-state index is 0.00586. The molecule has 0 atom stereocenters. The van der Waals surface area contributed by atoms with E-state index in [1.807, 2.05) is 0 Å². The number of rotatable bonds is 0. The van der Waals surface area contributed by atoms with Crippen molar-refractivity contribution in [3.63, 3.8) is 0 Å². The zero-order valence-corrected chi connectivity index (χ0v) is 11.3. The van der Waals surface area contributed by atoms with Crippen molar-refractivity contribution < 1.29 is 9.70 Å². The summed E-state index contributed by atoms with van der Waals surface area (Å²) in [5.74, 6) is 0.198. The summed E-state index contributed by atoms with van der Waals surface area (Å²) in [5, 5.41) is 27.5. The standard InChI is InChI=1S/C14H9ClN3O3/c15-9-3-6-12-11(7-9)14(19)17-13(16-12)8-1-4-10(5-2-8)18(20)21/h1-7H,(H2-,16,17,19,20,21)/q-1. The molecular weight excluding hydrogens is 294 g/mol. The molecule has 0 unspecified atom stereocenters. The van der Waals surface area contributed by atoms with E-state index in [1.54, 1.807) is 30.4 Å². The highest BCUT2D eigenvalue weighted by molar-refractivity contribution is 6.31. The third-order valence-corrected chi connectivity index (χ3v) is 3.33. The van der Waals surface area contributed by atoms with Crippen molar-refractivity contribution in [2.24, 2.45) is 0 Å². The number of carbonyl (C=O) groups is 1. The van der Waals surface area contributed by atoms with Gasteiger partial charge in [-0.25, -0.2) is 0 Å². The maximum atomic E-state index is 12.1. The average molecular weight is 303 g/mol. The molecule has 7 heteroatoms. The molecule has 1 aliphatic carbocycles. The minimum atomic E-state index is -0.474. The fourth-order valence-electron chi connectivity index (χ4n) is 2.05. The molecule has 0 aromatic heterocycles. The fraction of sp³-hybridized carbons (Fsp3) is 0. The van der Waals surface area contributed by atoms with Crippen LogP contribution in [0.4, 0.5) is 5.69 Å². The Morgan fingerprint density at radius 1 is 1.05 bits per heavy atom. The summed E-state index contributed by atoms with van der Waals surface area (Å²) in [6.45, 7) is 0. The number of allylic oxidation sites excluding steroid dienone is 5. The van der Waals surface area contributed by atoms with Crippen LogP contribution in [0.3, 0.4) is 0 Å². The fourth-order valence-corrected chi connectivity index (χ4v) is 2.23. The molecular formula is C14H9ClN3O3-. The summed E-state index contributed by atoms with van der Waals surface area (Å²) in [6.07, 6.45) is 5.91. The van der Waals surface area contributed by atoms with Gasteiger partial charge in [0, 0.05) is 22.7 Å². The molecule has 0 saturated heterocycles. The van der Waals surface area contributed by atoms with Crippen LogP contribution in [0.1, 0.15) is 10.4 Å². The lowest BCUT2D eigenvalue weighted by atomic mass is 10.1. The topological polar surface area (TPSA) is 90.3 Å². The predicted octanol–water partition coefficient (Wildman–Crippen LogP) is 2.28. The number of benzene rings is 1. The van der Waals surface area contributed by atoms with Crippen LogP contribution in [0.15, 0.2) is 53.9 Å². The Labute approximate surface area is 124 Å². The SMILES string of the molecule is O=C1NC(=C2C=CC(=[N+]([O-])[O-])C=C2)Nc2ccc(Cl)cc21. The van der Waals surface area contributed by atoms with Crippen LogP contribution in [-0.4, -0.2) is 16.5 Å². The van der Waals surface area contributed by atoms with E-state index in [2.05, 4.69) is 10.6 Å². The van der Waals surface area contributed by atoms with Crippen LogP contribution in [0.2, 0.25) is 5.02 Å². The number of fused-ring (bicyclic) bond motifs is 1. The van der Waals surface area contributed by atoms with Gasteiger partial charge in [-0.3, -0.25) is 4.79 Å². The van der Waals surface area contributed by atoms with E-state index in [-0.39, 0.29) is 11.6 Å². The first-order valence-electron chi connectivity index (χ1n) is 6.04. The molecule has 0 spiro atoms. The highest BCUT2D eigenvalue weighted by Gasteiger charge is 2.21. The first kappa shape index (κ1) is 13.3. The Morgan fingerprint density at radius 2 is 1.76 bits per heavy atom. The van der Waals surface area contributed by atoms with Gasteiger partial charge in [-0.15, -0.1) is 0 Å². The molecule has 1 heterocycles. The molecule has 1 amide bonds. The quantitative estimate of drug-likeness (QED) is 0.568. The monoisotopic (exact) mass is 302 g/mol. The summed E-state index contributed by atoms with van der Waals surface area (Å²) in [5.41, 5.74) is 1.73. The largest absolute Gasteiger partial charge is 0.612 e. The second-order valence-electron chi connectivity index (χ2n) is 4.45. The lowest BCUT2D eigenvalue weighted by molar-refractivity contribution is -0.377. The summed E-state index contributed by atoms with van der Waals surface area (Å²) < 4.78 is 0. The van der Waals surface area contributed by atoms with Gasteiger partial charge in [0.05, 0.1) is 11.3 Å². The smallest absolute Gasteiger partial charge is 0.258 e. The van der Waals surface area contributed by atoms with E-state index in [0.29, 0.717) is 27.7 Å². The van der Waals surface area contributed by atoms with Crippen LogP contribution >= 0.6 is 11.6 Å². The molecule has 3 rings (SSSR count).